The highest BCUT2D eigenvalue weighted by molar-refractivity contribution is 6.30. The highest BCUT2D eigenvalue weighted by atomic mass is 35.5. The van der Waals surface area contributed by atoms with Gasteiger partial charge < -0.3 is 10.2 Å². The Morgan fingerprint density at radius 2 is 2.25 bits per heavy atom. The minimum atomic E-state index is -0.189. The van der Waals surface area contributed by atoms with Crippen molar-refractivity contribution in [1.82, 2.24) is 4.98 Å². The molecule has 0 saturated heterocycles. The summed E-state index contributed by atoms with van der Waals surface area (Å²) in [6.45, 7) is 2.19. The van der Waals surface area contributed by atoms with Crippen LogP contribution >= 0.6 is 11.6 Å². The van der Waals surface area contributed by atoms with Crippen molar-refractivity contribution in [3.63, 3.8) is 0 Å². The third kappa shape index (κ3) is 1.89. The summed E-state index contributed by atoms with van der Waals surface area (Å²) < 4.78 is 0. The van der Waals surface area contributed by atoms with Gasteiger partial charge in [-0.1, -0.05) is 18.5 Å². The molecule has 2 rings (SSSR count). The van der Waals surface area contributed by atoms with E-state index in [1.807, 2.05) is 0 Å². The van der Waals surface area contributed by atoms with Crippen molar-refractivity contribution >= 4 is 11.6 Å². The van der Waals surface area contributed by atoms with Crippen LogP contribution in [0.4, 0.5) is 0 Å². The smallest absolute Gasteiger partial charge is 0.171 e. The van der Waals surface area contributed by atoms with E-state index in [9.17, 15) is 5.11 Å². The molecule has 0 aliphatic heterocycles. The zero-order valence-electron chi connectivity index (χ0n) is 9.28. The molecule has 1 aromatic heterocycles. The summed E-state index contributed by atoms with van der Waals surface area (Å²) in [5.74, 6) is 0.594. The SMILES string of the molecule is CC(CCO)(c1ccnc(Cl)c1O)C1CC1. The van der Waals surface area contributed by atoms with Gasteiger partial charge >= 0.3 is 0 Å². The van der Waals surface area contributed by atoms with Gasteiger partial charge in [-0.15, -0.1) is 0 Å². The van der Waals surface area contributed by atoms with Gasteiger partial charge in [-0.3, -0.25) is 0 Å². The average Bonchev–Trinajstić information content (AvgIpc) is 3.06. The Morgan fingerprint density at radius 3 is 2.81 bits per heavy atom. The maximum absolute atomic E-state index is 9.96. The number of aromatic nitrogens is 1. The van der Waals surface area contributed by atoms with E-state index in [0.717, 1.165) is 18.4 Å². The number of hydrogen-bond acceptors (Lipinski definition) is 3. The molecule has 0 radical (unpaired) electrons. The first kappa shape index (κ1) is 11.7. The number of halogens is 1. The van der Waals surface area contributed by atoms with Crippen LogP contribution in [0.15, 0.2) is 12.3 Å². The van der Waals surface area contributed by atoms with Crippen LogP contribution in [0, 0.1) is 5.92 Å². The Labute approximate surface area is 100 Å². The van der Waals surface area contributed by atoms with Gasteiger partial charge in [-0.25, -0.2) is 4.98 Å². The van der Waals surface area contributed by atoms with Crippen LogP contribution in [-0.2, 0) is 5.41 Å². The molecular formula is C12H16ClNO2. The number of aromatic hydroxyl groups is 1. The van der Waals surface area contributed by atoms with Gasteiger partial charge in [-0.05, 0) is 31.2 Å². The van der Waals surface area contributed by atoms with Crippen molar-refractivity contribution in [3.8, 4) is 5.75 Å². The molecule has 0 spiro atoms. The van der Waals surface area contributed by atoms with Crippen molar-refractivity contribution < 1.29 is 10.2 Å². The Kier molecular flexibility index (Phi) is 3.08. The molecule has 1 aliphatic carbocycles. The molecule has 4 heteroatoms. The van der Waals surface area contributed by atoms with Gasteiger partial charge in [0.05, 0.1) is 0 Å². The Balaban J connectivity index is 2.42. The van der Waals surface area contributed by atoms with Crippen molar-refractivity contribution in [2.45, 2.75) is 31.6 Å². The van der Waals surface area contributed by atoms with Gasteiger partial charge in [0.2, 0.25) is 0 Å². The quantitative estimate of drug-likeness (QED) is 0.797. The van der Waals surface area contributed by atoms with E-state index >= 15 is 0 Å². The second-order valence-electron chi connectivity index (χ2n) is 4.66. The van der Waals surface area contributed by atoms with Crippen molar-refractivity contribution in [2.24, 2.45) is 5.92 Å². The van der Waals surface area contributed by atoms with Crippen molar-refractivity contribution in [1.29, 1.82) is 0 Å². The van der Waals surface area contributed by atoms with Gasteiger partial charge in [-0.2, -0.15) is 0 Å². The second-order valence-corrected chi connectivity index (χ2v) is 5.02. The fraction of sp³-hybridized carbons (Fsp3) is 0.583. The summed E-state index contributed by atoms with van der Waals surface area (Å²) in [4.78, 5) is 3.85. The van der Waals surface area contributed by atoms with Gasteiger partial charge in [0.15, 0.2) is 10.9 Å². The Hall–Kier alpha value is -0.800. The summed E-state index contributed by atoms with van der Waals surface area (Å²) in [5.41, 5.74) is 0.620. The normalized spacial score (nSPS) is 19.4. The molecule has 1 unspecified atom stereocenters. The first-order valence-corrected chi connectivity index (χ1v) is 5.92. The minimum Gasteiger partial charge on any atom is -0.504 e. The molecule has 3 nitrogen and oxygen atoms in total. The fourth-order valence-electron chi connectivity index (χ4n) is 2.40. The predicted molar refractivity (Wildman–Crippen MR) is 62.7 cm³/mol. The van der Waals surface area contributed by atoms with Crippen LogP contribution in [0.25, 0.3) is 0 Å². The Morgan fingerprint density at radius 1 is 1.56 bits per heavy atom. The molecule has 1 fully saturated rings. The monoisotopic (exact) mass is 241 g/mol. The third-order valence-corrected chi connectivity index (χ3v) is 3.88. The standard InChI is InChI=1S/C12H16ClNO2/c1-12(5-7-15,8-2-3-8)9-4-6-14-11(13)10(9)16/h4,6,8,15-16H,2-3,5,7H2,1H3. The number of nitrogens with zero attached hydrogens (tertiary/aromatic N) is 1. The van der Waals surface area contributed by atoms with E-state index in [4.69, 9.17) is 16.7 Å². The molecule has 16 heavy (non-hydrogen) atoms. The highest BCUT2D eigenvalue weighted by Crippen LogP contribution is 2.51. The molecular weight excluding hydrogens is 226 g/mol. The van der Waals surface area contributed by atoms with Gasteiger partial charge in [0.25, 0.3) is 0 Å². The molecule has 1 saturated carbocycles. The maximum atomic E-state index is 9.96. The lowest BCUT2D eigenvalue weighted by Gasteiger charge is -2.30. The van der Waals surface area contributed by atoms with Crippen molar-refractivity contribution in [2.75, 3.05) is 6.61 Å². The van der Waals surface area contributed by atoms with Crippen LogP contribution in [0.5, 0.6) is 5.75 Å². The van der Waals surface area contributed by atoms with Gasteiger partial charge in [0, 0.05) is 23.8 Å². The van der Waals surface area contributed by atoms with E-state index in [-0.39, 0.29) is 22.9 Å². The Bertz CT molecular complexity index is 393. The molecule has 0 bridgehead atoms. The van der Waals surface area contributed by atoms with Crippen LogP contribution in [0.3, 0.4) is 0 Å². The highest BCUT2D eigenvalue weighted by Gasteiger charge is 2.43. The zero-order valence-corrected chi connectivity index (χ0v) is 10.0. The molecule has 1 aromatic rings. The third-order valence-electron chi connectivity index (χ3n) is 3.60. The summed E-state index contributed by atoms with van der Waals surface area (Å²) in [6, 6.07) is 1.80. The minimum absolute atomic E-state index is 0.0621. The number of hydrogen-bond donors (Lipinski definition) is 2. The van der Waals surface area contributed by atoms with E-state index < -0.39 is 0 Å². The molecule has 0 amide bonds. The first-order chi connectivity index (χ1) is 7.59. The average molecular weight is 242 g/mol. The molecule has 1 aliphatic rings. The molecule has 1 atom stereocenters. The number of aliphatic hydroxyl groups excluding tert-OH is 1. The fourth-order valence-corrected chi connectivity index (χ4v) is 2.56. The van der Waals surface area contributed by atoms with E-state index in [2.05, 4.69) is 11.9 Å². The lowest BCUT2D eigenvalue weighted by Crippen LogP contribution is -2.26. The number of pyridine rings is 1. The summed E-state index contributed by atoms with van der Waals surface area (Å²) in [7, 11) is 0. The maximum Gasteiger partial charge on any atom is 0.171 e. The molecule has 88 valence electrons. The summed E-state index contributed by atoms with van der Waals surface area (Å²) >= 11 is 5.82. The zero-order chi connectivity index (χ0) is 11.8. The first-order valence-electron chi connectivity index (χ1n) is 5.54. The van der Waals surface area contributed by atoms with E-state index in [0.29, 0.717) is 12.3 Å². The largest absolute Gasteiger partial charge is 0.504 e. The van der Waals surface area contributed by atoms with Crippen LogP contribution in [-0.4, -0.2) is 21.8 Å². The van der Waals surface area contributed by atoms with Crippen LogP contribution in [0.2, 0.25) is 5.15 Å². The number of rotatable bonds is 4. The second kappa shape index (κ2) is 4.22. The summed E-state index contributed by atoms with van der Waals surface area (Å²) in [6.07, 6.45) is 4.55. The van der Waals surface area contributed by atoms with Gasteiger partial charge in [0.1, 0.15) is 0 Å². The lowest BCUT2D eigenvalue weighted by atomic mass is 9.75. The van der Waals surface area contributed by atoms with E-state index in [1.54, 1.807) is 12.3 Å². The predicted octanol–water partition coefficient (Wildman–Crippen LogP) is 2.49. The topological polar surface area (TPSA) is 53.4 Å². The molecule has 1 heterocycles. The molecule has 0 aromatic carbocycles. The van der Waals surface area contributed by atoms with Crippen molar-refractivity contribution in [3.05, 3.63) is 23.0 Å². The lowest BCUT2D eigenvalue weighted by molar-refractivity contribution is 0.228. The number of aliphatic hydroxyl groups is 1. The van der Waals surface area contributed by atoms with E-state index in [1.165, 1.54) is 0 Å². The summed E-state index contributed by atoms with van der Waals surface area (Å²) in [5, 5.41) is 19.3. The van der Waals surface area contributed by atoms with Crippen LogP contribution in [0.1, 0.15) is 31.7 Å². The van der Waals surface area contributed by atoms with Crippen LogP contribution < -0.4 is 0 Å². The molecule has 2 N–H and O–H groups in total.